The Hall–Kier alpha value is -0.980. The molecule has 0 saturated carbocycles. The minimum absolute atomic E-state index is 0.588. The molecule has 1 aromatic rings. The number of ether oxygens (including phenoxy) is 1. The van der Waals surface area contributed by atoms with Gasteiger partial charge in [0, 0.05) is 0 Å². The smallest absolute Gasteiger partial charge is 0.122 e. The van der Waals surface area contributed by atoms with Crippen LogP contribution in [0.2, 0.25) is 0 Å². The van der Waals surface area contributed by atoms with Gasteiger partial charge < -0.3 is 4.74 Å². The van der Waals surface area contributed by atoms with Gasteiger partial charge in [-0.25, -0.2) is 0 Å². The molecule has 66 valence electrons. The zero-order valence-electron chi connectivity index (χ0n) is 8.00. The van der Waals surface area contributed by atoms with Crippen molar-refractivity contribution in [2.45, 2.75) is 20.8 Å². The van der Waals surface area contributed by atoms with Gasteiger partial charge in [-0.2, -0.15) is 0 Å². The Labute approximate surface area is 74.4 Å². The van der Waals surface area contributed by atoms with Gasteiger partial charge in [-0.15, -0.1) is 0 Å². The molecule has 0 radical (unpaired) electrons. The molecule has 1 rings (SSSR count). The standard InChI is InChI=1S/C11H16O/c1-9(2)8-12-11-7-5-4-6-10(11)3/h4-7,9H,8H2,1-3H3. The topological polar surface area (TPSA) is 9.23 Å². The fourth-order valence-corrected chi connectivity index (χ4v) is 0.975. The van der Waals surface area contributed by atoms with Crippen LogP contribution in [0.25, 0.3) is 0 Å². The molecule has 12 heavy (non-hydrogen) atoms. The fourth-order valence-electron chi connectivity index (χ4n) is 0.975. The third kappa shape index (κ3) is 2.57. The zero-order chi connectivity index (χ0) is 8.97. The summed E-state index contributed by atoms with van der Waals surface area (Å²) in [5, 5.41) is 0. The quantitative estimate of drug-likeness (QED) is 0.667. The predicted molar refractivity (Wildman–Crippen MR) is 51.5 cm³/mol. The van der Waals surface area contributed by atoms with Gasteiger partial charge in [0.25, 0.3) is 0 Å². The van der Waals surface area contributed by atoms with Gasteiger partial charge >= 0.3 is 0 Å². The molecule has 0 heterocycles. The van der Waals surface area contributed by atoms with Gasteiger partial charge in [-0.3, -0.25) is 0 Å². The van der Waals surface area contributed by atoms with E-state index >= 15 is 0 Å². The van der Waals surface area contributed by atoms with E-state index < -0.39 is 0 Å². The van der Waals surface area contributed by atoms with E-state index in [2.05, 4.69) is 26.8 Å². The lowest BCUT2D eigenvalue weighted by Crippen LogP contribution is -2.05. The normalized spacial score (nSPS) is 10.3. The number of hydrogen-bond donors (Lipinski definition) is 0. The minimum atomic E-state index is 0.588. The Morgan fingerprint density at radius 2 is 1.92 bits per heavy atom. The van der Waals surface area contributed by atoms with Gasteiger partial charge in [0.1, 0.15) is 5.75 Å². The number of para-hydroxylation sites is 1. The van der Waals surface area contributed by atoms with Crippen LogP contribution in [0.4, 0.5) is 0 Å². The Morgan fingerprint density at radius 1 is 1.25 bits per heavy atom. The Bertz CT molecular complexity index is 241. The highest BCUT2D eigenvalue weighted by atomic mass is 16.5. The second-order valence-corrected chi connectivity index (χ2v) is 3.47. The summed E-state index contributed by atoms with van der Waals surface area (Å²) in [6, 6.07) is 8.10. The first-order valence-electron chi connectivity index (χ1n) is 4.38. The van der Waals surface area contributed by atoms with Gasteiger partial charge in [0.05, 0.1) is 6.61 Å². The monoisotopic (exact) mass is 164 g/mol. The number of benzene rings is 1. The molecule has 0 fully saturated rings. The first-order valence-corrected chi connectivity index (χ1v) is 4.38. The molecule has 1 nitrogen and oxygen atoms in total. The zero-order valence-corrected chi connectivity index (χ0v) is 8.00. The summed E-state index contributed by atoms with van der Waals surface area (Å²) in [4.78, 5) is 0. The van der Waals surface area contributed by atoms with Crippen molar-refractivity contribution in [1.29, 1.82) is 0 Å². The molecule has 0 saturated heterocycles. The van der Waals surface area contributed by atoms with E-state index in [4.69, 9.17) is 4.74 Å². The minimum Gasteiger partial charge on any atom is -0.493 e. The Kier molecular flexibility index (Phi) is 3.15. The van der Waals surface area contributed by atoms with Crippen molar-refractivity contribution >= 4 is 0 Å². The molecular weight excluding hydrogens is 148 g/mol. The van der Waals surface area contributed by atoms with Crippen LogP contribution in [0.1, 0.15) is 19.4 Å². The van der Waals surface area contributed by atoms with Crippen LogP contribution in [0.15, 0.2) is 24.3 Å². The van der Waals surface area contributed by atoms with E-state index in [0.717, 1.165) is 12.4 Å². The highest BCUT2D eigenvalue weighted by molar-refractivity contribution is 5.31. The molecule has 1 heteroatoms. The van der Waals surface area contributed by atoms with E-state index in [-0.39, 0.29) is 0 Å². The molecule has 0 spiro atoms. The molecule has 0 aromatic heterocycles. The highest BCUT2D eigenvalue weighted by Gasteiger charge is 1.98. The van der Waals surface area contributed by atoms with Crippen molar-refractivity contribution in [2.24, 2.45) is 5.92 Å². The molecule has 0 aliphatic rings. The van der Waals surface area contributed by atoms with Crippen LogP contribution in [0.5, 0.6) is 5.75 Å². The summed E-state index contributed by atoms with van der Waals surface area (Å²) in [5.74, 6) is 1.59. The van der Waals surface area contributed by atoms with Gasteiger partial charge in [0.2, 0.25) is 0 Å². The molecule has 0 bridgehead atoms. The third-order valence-corrected chi connectivity index (χ3v) is 1.67. The molecule has 0 atom stereocenters. The maximum atomic E-state index is 5.60. The fraction of sp³-hybridized carbons (Fsp3) is 0.455. The van der Waals surface area contributed by atoms with Crippen LogP contribution in [0.3, 0.4) is 0 Å². The van der Waals surface area contributed by atoms with E-state index in [1.165, 1.54) is 5.56 Å². The lowest BCUT2D eigenvalue weighted by Gasteiger charge is -2.10. The average molecular weight is 164 g/mol. The third-order valence-electron chi connectivity index (χ3n) is 1.67. The van der Waals surface area contributed by atoms with Gasteiger partial charge in [-0.1, -0.05) is 32.0 Å². The molecule has 1 aromatic carbocycles. The Balaban J connectivity index is 2.57. The molecule has 0 unspecified atom stereocenters. The van der Waals surface area contributed by atoms with Crippen molar-refractivity contribution in [2.75, 3.05) is 6.61 Å². The van der Waals surface area contributed by atoms with Crippen molar-refractivity contribution < 1.29 is 4.74 Å². The summed E-state index contributed by atoms with van der Waals surface area (Å²) < 4.78 is 5.60. The summed E-state index contributed by atoms with van der Waals surface area (Å²) in [5.41, 5.74) is 1.21. The summed E-state index contributed by atoms with van der Waals surface area (Å²) >= 11 is 0. The molecule has 0 amide bonds. The molecule has 0 N–H and O–H groups in total. The van der Waals surface area contributed by atoms with Crippen LogP contribution in [-0.2, 0) is 0 Å². The van der Waals surface area contributed by atoms with Crippen LogP contribution >= 0.6 is 0 Å². The van der Waals surface area contributed by atoms with E-state index in [0.29, 0.717) is 5.92 Å². The van der Waals surface area contributed by atoms with Crippen molar-refractivity contribution in [1.82, 2.24) is 0 Å². The van der Waals surface area contributed by atoms with Crippen molar-refractivity contribution in [3.63, 3.8) is 0 Å². The van der Waals surface area contributed by atoms with E-state index in [9.17, 15) is 0 Å². The molecular formula is C11H16O. The summed E-state index contributed by atoms with van der Waals surface area (Å²) in [7, 11) is 0. The first kappa shape index (κ1) is 9.11. The van der Waals surface area contributed by atoms with E-state index in [1.54, 1.807) is 0 Å². The highest BCUT2D eigenvalue weighted by Crippen LogP contribution is 2.16. The second kappa shape index (κ2) is 4.15. The SMILES string of the molecule is Cc1ccccc1OCC(C)C. The maximum absolute atomic E-state index is 5.60. The summed E-state index contributed by atoms with van der Waals surface area (Å²) in [6.45, 7) is 7.16. The molecule has 0 aliphatic heterocycles. The Morgan fingerprint density at radius 3 is 2.50 bits per heavy atom. The van der Waals surface area contributed by atoms with Gasteiger partial charge in [-0.05, 0) is 24.5 Å². The largest absolute Gasteiger partial charge is 0.493 e. The maximum Gasteiger partial charge on any atom is 0.122 e. The van der Waals surface area contributed by atoms with E-state index in [1.807, 2.05) is 18.2 Å². The number of rotatable bonds is 3. The summed E-state index contributed by atoms with van der Waals surface area (Å²) in [6.07, 6.45) is 0. The van der Waals surface area contributed by atoms with Crippen molar-refractivity contribution in [3.8, 4) is 5.75 Å². The van der Waals surface area contributed by atoms with Crippen LogP contribution < -0.4 is 4.74 Å². The lowest BCUT2D eigenvalue weighted by molar-refractivity contribution is 0.269. The average Bonchev–Trinajstić information content (AvgIpc) is 2.03. The van der Waals surface area contributed by atoms with Crippen molar-refractivity contribution in [3.05, 3.63) is 29.8 Å². The molecule has 0 aliphatic carbocycles. The first-order chi connectivity index (χ1) is 5.70. The lowest BCUT2D eigenvalue weighted by atomic mass is 10.2. The predicted octanol–water partition coefficient (Wildman–Crippen LogP) is 3.03. The van der Waals surface area contributed by atoms with Crippen LogP contribution in [0, 0.1) is 12.8 Å². The second-order valence-electron chi connectivity index (χ2n) is 3.47. The number of hydrogen-bond acceptors (Lipinski definition) is 1. The number of aryl methyl sites for hydroxylation is 1. The van der Waals surface area contributed by atoms with Crippen LogP contribution in [-0.4, -0.2) is 6.61 Å². The van der Waals surface area contributed by atoms with Gasteiger partial charge in [0.15, 0.2) is 0 Å².